The molecule has 11 heteroatoms. The highest BCUT2D eigenvalue weighted by Gasteiger charge is 2.29. The van der Waals surface area contributed by atoms with E-state index < -0.39 is 12.7 Å². The summed E-state index contributed by atoms with van der Waals surface area (Å²) in [6.07, 6.45) is -0.395. The first-order chi connectivity index (χ1) is 12.7. The Kier molecular flexibility index (Phi) is 4.93. The first-order valence-corrected chi connectivity index (χ1v) is 7.91. The van der Waals surface area contributed by atoms with Crippen LogP contribution in [-0.2, 0) is 13.1 Å². The smallest absolute Gasteiger partial charge is 0.334 e. The highest BCUT2D eigenvalue weighted by Crippen LogP contribution is 2.19. The van der Waals surface area contributed by atoms with E-state index in [0.717, 1.165) is 15.8 Å². The number of aromatic nitrogens is 6. The Balaban J connectivity index is 1.75. The number of halogens is 3. The fourth-order valence-electron chi connectivity index (χ4n) is 2.65. The maximum atomic E-state index is 12.6. The van der Waals surface area contributed by atoms with Crippen molar-refractivity contribution in [2.45, 2.75) is 26.2 Å². The minimum atomic E-state index is -4.36. The summed E-state index contributed by atoms with van der Waals surface area (Å²) in [5.74, 6) is -0.173. The monoisotopic (exact) mass is 379 g/mol. The molecule has 8 nitrogen and oxygen atoms in total. The van der Waals surface area contributed by atoms with Gasteiger partial charge in [-0.15, -0.1) is 5.10 Å². The number of hydrogen-bond acceptors (Lipinski definition) is 5. The van der Waals surface area contributed by atoms with Crippen LogP contribution < -0.4 is 0 Å². The number of hydrogen-bond donors (Lipinski definition) is 0. The van der Waals surface area contributed by atoms with Gasteiger partial charge in [-0.1, -0.05) is 0 Å². The van der Waals surface area contributed by atoms with Crippen LogP contribution in [0.2, 0.25) is 0 Å². The van der Waals surface area contributed by atoms with Crippen LogP contribution in [0.1, 0.15) is 21.7 Å². The third kappa shape index (κ3) is 4.30. The molecule has 3 aromatic rings. The molecule has 0 saturated heterocycles. The zero-order valence-electron chi connectivity index (χ0n) is 14.6. The number of tetrazole rings is 1. The number of carbonyl (C=O) groups excluding carboxylic acids is 1. The number of carbonyl (C=O) groups is 1. The Bertz CT molecular complexity index is 934. The lowest BCUT2D eigenvalue weighted by molar-refractivity contribution is -0.141. The highest BCUT2D eigenvalue weighted by atomic mass is 19.4. The Morgan fingerprint density at radius 1 is 1.30 bits per heavy atom. The Labute approximate surface area is 152 Å². The van der Waals surface area contributed by atoms with Crippen LogP contribution in [0.15, 0.2) is 36.9 Å². The average Bonchev–Trinajstić information content (AvgIpc) is 3.25. The average molecular weight is 379 g/mol. The normalized spacial score (nSPS) is 11.6. The number of benzene rings is 1. The molecule has 3 rings (SSSR count). The van der Waals surface area contributed by atoms with Crippen LogP contribution in [-0.4, -0.2) is 53.8 Å². The predicted molar refractivity (Wildman–Crippen MR) is 88.0 cm³/mol. The number of amides is 1. The highest BCUT2D eigenvalue weighted by molar-refractivity contribution is 5.94. The zero-order chi connectivity index (χ0) is 19.6. The molecule has 0 N–H and O–H groups in total. The van der Waals surface area contributed by atoms with Gasteiger partial charge in [-0.05, 0) is 41.1 Å². The van der Waals surface area contributed by atoms with Gasteiger partial charge in [-0.25, -0.2) is 9.67 Å². The standard InChI is InChI=1S/C16H16F3N7O/c1-11-7-12(3-4-13(11)26-10-21-22-23-26)15(27)24(2)8-14-20-5-6-25(14)9-16(17,18)19/h3-7,10H,8-9H2,1-2H3. The summed E-state index contributed by atoms with van der Waals surface area (Å²) in [5.41, 5.74) is 1.90. The summed E-state index contributed by atoms with van der Waals surface area (Å²) in [6.45, 7) is 0.615. The first-order valence-electron chi connectivity index (χ1n) is 7.91. The number of rotatable bonds is 5. The van der Waals surface area contributed by atoms with Crippen molar-refractivity contribution < 1.29 is 18.0 Å². The summed E-state index contributed by atoms with van der Waals surface area (Å²) in [6, 6.07) is 5.00. The van der Waals surface area contributed by atoms with Crippen molar-refractivity contribution in [2.24, 2.45) is 0 Å². The molecule has 0 aliphatic carbocycles. The summed E-state index contributed by atoms with van der Waals surface area (Å²) in [7, 11) is 1.51. The third-order valence-electron chi connectivity index (χ3n) is 3.92. The molecule has 0 atom stereocenters. The van der Waals surface area contributed by atoms with E-state index >= 15 is 0 Å². The molecular formula is C16H16F3N7O. The molecule has 0 aliphatic rings. The van der Waals surface area contributed by atoms with E-state index in [9.17, 15) is 18.0 Å². The fraction of sp³-hybridized carbons (Fsp3) is 0.312. The van der Waals surface area contributed by atoms with E-state index in [4.69, 9.17) is 0 Å². The summed E-state index contributed by atoms with van der Waals surface area (Å²) in [4.78, 5) is 17.9. The SMILES string of the molecule is Cc1cc(C(=O)N(C)Cc2nccn2CC(F)(F)F)ccc1-n1cnnn1. The second-order valence-corrected chi connectivity index (χ2v) is 6.00. The van der Waals surface area contributed by atoms with E-state index in [1.165, 1.54) is 35.4 Å². The number of aryl methyl sites for hydroxylation is 1. The number of imidazole rings is 1. The third-order valence-corrected chi connectivity index (χ3v) is 3.92. The molecule has 0 fully saturated rings. The number of alkyl halides is 3. The molecule has 2 aromatic heterocycles. The first kappa shape index (κ1) is 18.5. The van der Waals surface area contributed by atoms with E-state index in [-0.39, 0.29) is 18.3 Å². The molecule has 0 aliphatic heterocycles. The molecular weight excluding hydrogens is 363 g/mol. The minimum absolute atomic E-state index is 0.0459. The van der Waals surface area contributed by atoms with Gasteiger partial charge < -0.3 is 9.47 Å². The van der Waals surface area contributed by atoms with E-state index in [1.807, 2.05) is 6.92 Å². The van der Waals surface area contributed by atoms with Crippen LogP contribution in [0, 0.1) is 6.92 Å². The van der Waals surface area contributed by atoms with Gasteiger partial charge in [0, 0.05) is 25.0 Å². The van der Waals surface area contributed by atoms with E-state index in [2.05, 4.69) is 20.5 Å². The van der Waals surface area contributed by atoms with Crippen LogP contribution >= 0.6 is 0 Å². The van der Waals surface area contributed by atoms with Crippen molar-refractivity contribution in [3.05, 3.63) is 53.9 Å². The molecule has 142 valence electrons. The van der Waals surface area contributed by atoms with Gasteiger partial charge in [0.1, 0.15) is 18.7 Å². The van der Waals surface area contributed by atoms with Crippen molar-refractivity contribution in [3.8, 4) is 5.69 Å². The summed E-state index contributed by atoms with van der Waals surface area (Å²) < 4.78 is 40.3. The molecule has 0 bridgehead atoms. The lowest BCUT2D eigenvalue weighted by Crippen LogP contribution is -2.29. The van der Waals surface area contributed by atoms with Gasteiger partial charge in [0.2, 0.25) is 0 Å². The van der Waals surface area contributed by atoms with Gasteiger partial charge in [-0.2, -0.15) is 13.2 Å². The van der Waals surface area contributed by atoms with Crippen molar-refractivity contribution in [1.82, 2.24) is 34.7 Å². The molecule has 0 unspecified atom stereocenters. The Morgan fingerprint density at radius 2 is 2.07 bits per heavy atom. The van der Waals surface area contributed by atoms with Gasteiger partial charge in [0.05, 0.1) is 12.2 Å². The molecule has 0 radical (unpaired) electrons. The van der Waals surface area contributed by atoms with E-state index in [0.29, 0.717) is 5.56 Å². The summed E-state index contributed by atoms with van der Waals surface area (Å²) in [5, 5.41) is 10.9. The van der Waals surface area contributed by atoms with Crippen molar-refractivity contribution in [3.63, 3.8) is 0 Å². The fourth-order valence-corrected chi connectivity index (χ4v) is 2.65. The van der Waals surface area contributed by atoms with Crippen LogP contribution in [0.3, 0.4) is 0 Å². The lowest BCUT2D eigenvalue weighted by atomic mass is 10.1. The Morgan fingerprint density at radius 3 is 2.70 bits per heavy atom. The topological polar surface area (TPSA) is 81.7 Å². The van der Waals surface area contributed by atoms with Gasteiger partial charge in [0.25, 0.3) is 5.91 Å². The maximum absolute atomic E-state index is 12.6. The van der Waals surface area contributed by atoms with Crippen LogP contribution in [0.4, 0.5) is 13.2 Å². The molecule has 2 heterocycles. The van der Waals surface area contributed by atoms with Crippen LogP contribution in [0.5, 0.6) is 0 Å². The van der Waals surface area contributed by atoms with Crippen molar-refractivity contribution in [2.75, 3.05) is 7.05 Å². The molecule has 1 aromatic carbocycles. The van der Waals surface area contributed by atoms with Crippen molar-refractivity contribution >= 4 is 5.91 Å². The largest absolute Gasteiger partial charge is 0.406 e. The second kappa shape index (κ2) is 7.17. The quantitative estimate of drug-likeness (QED) is 0.677. The molecule has 0 saturated carbocycles. The van der Waals surface area contributed by atoms with Gasteiger partial charge in [0.15, 0.2) is 0 Å². The van der Waals surface area contributed by atoms with Crippen molar-refractivity contribution in [1.29, 1.82) is 0 Å². The minimum Gasteiger partial charge on any atom is -0.334 e. The van der Waals surface area contributed by atoms with E-state index in [1.54, 1.807) is 18.2 Å². The van der Waals surface area contributed by atoms with Gasteiger partial charge in [-0.3, -0.25) is 4.79 Å². The maximum Gasteiger partial charge on any atom is 0.406 e. The summed E-state index contributed by atoms with van der Waals surface area (Å²) >= 11 is 0. The van der Waals surface area contributed by atoms with Crippen LogP contribution in [0.25, 0.3) is 5.69 Å². The number of nitrogens with zero attached hydrogens (tertiary/aromatic N) is 7. The lowest BCUT2D eigenvalue weighted by Gasteiger charge is -2.19. The molecule has 27 heavy (non-hydrogen) atoms. The molecule has 1 amide bonds. The Hall–Kier alpha value is -3.24. The predicted octanol–water partition coefficient (Wildman–Crippen LogP) is 2.00. The second-order valence-electron chi connectivity index (χ2n) is 6.00. The van der Waals surface area contributed by atoms with Gasteiger partial charge >= 0.3 is 6.18 Å². The molecule has 0 spiro atoms. The zero-order valence-corrected chi connectivity index (χ0v) is 14.6.